The molecule has 0 unspecified atom stereocenters. The number of carbonyl (C=O) groups is 2. The van der Waals surface area contributed by atoms with Gasteiger partial charge in [-0.2, -0.15) is 0 Å². The van der Waals surface area contributed by atoms with Crippen molar-refractivity contribution in [3.63, 3.8) is 0 Å². The molecule has 0 radical (unpaired) electrons. The fourth-order valence-corrected chi connectivity index (χ4v) is 2.70. The molecule has 1 aliphatic rings. The number of anilines is 1. The standard InChI is InChI=1S/C18H26N4O4/c1-14(23)21-8-10-22(11-9-21)18(19-7-4-12-26-2)20-16-6-3-5-15(13-16)17(24)25/h3,5-6,13H,4,7-12H2,1-2H3,(H,19,20)(H,24,25). The van der Waals surface area contributed by atoms with Crippen molar-refractivity contribution in [3.05, 3.63) is 29.8 Å². The van der Waals surface area contributed by atoms with Crippen LogP contribution in [0.1, 0.15) is 23.7 Å². The van der Waals surface area contributed by atoms with Gasteiger partial charge in [-0.05, 0) is 24.6 Å². The van der Waals surface area contributed by atoms with Crippen molar-refractivity contribution in [2.45, 2.75) is 13.3 Å². The number of nitrogens with one attached hydrogen (secondary N) is 1. The van der Waals surface area contributed by atoms with E-state index in [0.29, 0.717) is 51.0 Å². The van der Waals surface area contributed by atoms with E-state index in [2.05, 4.69) is 15.2 Å². The van der Waals surface area contributed by atoms with E-state index in [1.54, 1.807) is 32.2 Å². The van der Waals surface area contributed by atoms with E-state index in [9.17, 15) is 9.59 Å². The second kappa shape index (κ2) is 9.76. The highest BCUT2D eigenvalue weighted by atomic mass is 16.5. The molecular formula is C18H26N4O4. The van der Waals surface area contributed by atoms with Crippen LogP contribution in [0.15, 0.2) is 29.3 Å². The number of nitrogens with zero attached hydrogens (tertiary/aromatic N) is 3. The van der Waals surface area contributed by atoms with Gasteiger partial charge in [0.2, 0.25) is 5.91 Å². The minimum absolute atomic E-state index is 0.0744. The van der Waals surface area contributed by atoms with E-state index >= 15 is 0 Å². The lowest BCUT2D eigenvalue weighted by Gasteiger charge is -2.36. The monoisotopic (exact) mass is 362 g/mol. The summed E-state index contributed by atoms with van der Waals surface area (Å²) in [4.78, 5) is 31.2. The number of carboxylic acid groups (broad SMARTS) is 1. The number of guanidine groups is 1. The molecule has 2 N–H and O–H groups in total. The van der Waals surface area contributed by atoms with Crippen LogP contribution in [0.3, 0.4) is 0 Å². The molecule has 0 saturated carbocycles. The molecule has 0 atom stereocenters. The molecule has 1 aromatic rings. The van der Waals surface area contributed by atoms with Crippen LogP contribution in [0, 0.1) is 0 Å². The molecule has 8 nitrogen and oxygen atoms in total. The minimum atomic E-state index is -0.970. The number of carbonyl (C=O) groups excluding carboxylic acids is 1. The number of hydrogen-bond donors (Lipinski definition) is 2. The molecule has 1 amide bonds. The molecule has 1 aliphatic heterocycles. The van der Waals surface area contributed by atoms with Crippen LogP contribution < -0.4 is 5.32 Å². The minimum Gasteiger partial charge on any atom is -0.478 e. The Hall–Kier alpha value is -2.61. The summed E-state index contributed by atoms with van der Waals surface area (Å²) < 4.78 is 5.06. The van der Waals surface area contributed by atoms with E-state index in [0.717, 1.165) is 6.42 Å². The summed E-state index contributed by atoms with van der Waals surface area (Å²) in [5, 5.41) is 12.4. The van der Waals surface area contributed by atoms with Crippen molar-refractivity contribution in [3.8, 4) is 0 Å². The zero-order valence-corrected chi connectivity index (χ0v) is 15.3. The molecule has 1 heterocycles. The molecule has 1 saturated heterocycles. The molecule has 0 aliphatic carbocycles. The van der Waals surface area contributed by atoms with Gasteiger partial charge in [0.1, 0.15) is 0 Å². The third-order valence-corrected chi connectivity index (χ3v) is 4.16. The largest absolute Gasteiger partial charge is 0.478 e. The Morgan fingerprint density at radius 3 is 2.54 bits per heavy atom. The van der Waals surface area contributed by atoms with Gasteiger partial charge >= 0.3 is 5.97 Å². The van der Waals surface area contributed by atoms with Gasteiger partial charge in [-0.3, -0.25) is 9.79 Å². The first-order valence-electron chi connectivity index (χ1n) is 8.65. The van der Waals surface area contributed by atoms with Gasteiger partial charge in [-0.1, -0.05) is 6.07 Å². The number of ether oxygens (including phenoxy) is 1. The molecule has 0 aromatic heterocycles. The van der Waals surface area contributed by atoms with Crippen LogP contribution in [-0.4, -0.2) is 79.2 Å². The highest BCUT2D eigenvalue weighted by Gasteiger charge is 2.21. The smallest absolute Gasteiger partial charge is 0.335 e. The fraction of sp³-hybridized carbons (Fsp3) is 0.500. The van der Waals surface area contributed by atoms with Crippen LogP contribution in [-0.2, 0) is 9.53 Å². The van der Waals surface area contributed by atoms with Gasteiger partial charge in [-0.25, -0.2) is 4.79 Å². The quantitative estimate of drug-likeness (QED) is 0.451. The Labute approximate surface area is 153 Å². The van der Waals surface area contributed by atoms with Crippen LogP contribution in [0.4, 0.5) is 5.69 Å². The van der Waals surface area contributed by atoms with E-state index in [1.807, 2.05) is 11.0 Å². The van der Waals surface area contributed by atoms with Gasteiger partial charge in [0.25, 0.3) is 0 Å². The van der Waals surface area contributed by atoms with Gasteiger partial charge in [-0.15, -0.1) is 0 Å². The lowest BCUT2D eigenvalue weighted by Crippen LogP contribution is -2.51. The van der Waals surface area contributed by atoms with Crippen molar-refractivity contribution in [1.29, 1.82) is 0 Å². The fourth-order valence-electron chi connectivity index (χ4n) is 2.70. The summed E-state index contributed by atoms with van der Waals surface area (Å²) >= 11 is 0. The lowest BCUT2D eigenvalue weighted by atomic mass is 10.2. The Balaban J connectivity index is 2.10. The molecule has 8 heteroatoms. The highest BCUT2D eigenvalue weighted by molar-refractivity contribution is 5.96. The summed E-state index contributed by atoms with van der Waals surface area (Å²) in [6.45, 7) is 5.44. The number of rotatable bonds is 6. The predicted octanol–water partition coefficient (Wildman–Crippen LogP) is 1.35. The molecule has 142 valence electrons. The average Bonchev–Trinajstić information content (AvgIpc) is 2.64. The summed E-state index contributed by atoms with van der Waals surface area (Å²) in [7, 11) is 1.65. The summed E-state index contributed by atoms with van der Waals surface area (Å²) in [5.41, 5.74) is 0.888. The number of piperazine rings is 1. The summed E-state index contributed by atoms with van der Waals surface area (Å²) in [5.74, 6) is -0.209. The first-order chi connectivity index (χ1) is 12.5. The maximum Gasteiger partial charge on any atom is 0.335 e. The second-order valence-corrected chi connectivity index (χ2v) is 6.06. The number of aromatic carboxylic acids is 1. The van der Waals surface area contributed by atoms with Crippen molar-refractivity contribution in [2.24, 2.45) is 4.99 Å². The number of amides is 1. The van der Waals surface area contributed by atoms with Crippen LogP contribution in [0.25, 0.3) is 0 Å². The van der Waals surface area contributed by atoms with Gasteiger partial charge in [0.15, 0.2) is 5.96 Å². The Kier molecular flexibility index (Phi) is 7.40. The Morgan fingerprint density at radius 1 is 1.23 bits per heavy atom. The molecular weight excluding hydrogens is 336 g/mol. The Bertz CT molecular complexity index is 654. The summed E-state index contributed by atoms with van der Waals surface area (Å²) in [6, 6.07) is 6.64. The summed E-state index contributed by atoms with van der Waals surface area (Å²) in [6.07, 6.45) is 0.796. The average molecular weight is 362 g/mol. The highest BCUT2D eigenvalue weighted by Crippen LogP contribution is 2.13. The van der Waals surface area contributed by atoms with Crippen LogP contribution in [0.2, 0.25) is 0 Å². The van der Waals surface area contributed by atoms with Crippen molar-refractivity contribution in [1.82, 2.24) is 9.80 Å². The van der Waals surface area contributed by atoms with Gasteiger partial charge in [0, 0.05) is 59.1 Å². The maximum absolute atomic E-state index is 11.5. The number of methoxy groups -OCH3 is 1. The zero-order chi connectivity index (χ0) is 18.9. The van der Waals surface area contributed by atoms with Crippen molar-refractivity contribution >= 4 is 23.5 Å². The Morgan fingerprint density at radius 2 is 1.92 bits per heavy atom. The van der Waals surface area contributed by atoms with E-state index in [-0.39, 0.29) is 11.5 Å². The van der Waals surface area contributed by atoms with E-state index < -0.39 is 5.97 Å². The van der Waals surface area contributed by atoms with Crippen LogP contribution >= 0.6 is 0 Å². The number of carboxylic acids is 1. The first kappa shape index (κ1) is 19.7. The maximum atomic E-state index is 11.5. The first-order valence-corrected chi connectivity index (χ1v) is 8.65. The van der Waals surface area contributed by atoms with E-state index in [1.165, 1.54) is 0 Å². The SMILES string of the molecule is COCCCN=C(Nc1cccc(C(=O)O)c1)N1CCN(C(C)=O)CC1. The molecule has 1 fully saturated rings. The molecule has 0 spiro atoms. The van der Waals surface area contributed by atoms with E-state index in [4.69, 9.17) is 9.84 Å². The van der Waals surface area contributed by atoms with Gasteiger partial charge in [0.05, 0.1) is 5.56 Å². The number of aliphatic imine (C=N–C) groups is 1. The van der Waals surface area contributed by atoms with Crippen LogP contribution in [0.5, 0.6) is 0 Å². The molecule has 2 rings (SSSR count). The molecule has 26 heavy (non-hydrogen) atoms. The third kappa shape index (κ3) is 5.73. The third-order valence-electron chi connectivity index (χ3n) is 4.16. The predicted molar refractivity (Wildman–Crippen MR) is 99.6 cm³/mol. The normalized spacial score (nSPS) is 15.1. The van der Waals surface area contributed by atoms with Crippen molar-refractivity contribution in [2.75, 3.05) is 51.8 Å². The second-order valence-electron chi connectivity index (χ2n) is 6.06. The zero-order valence-electron chi connectivity index (χ0n) is 15.3. The lowest BCUT2D eigenvalue weighted by molar-refractivity contribution is -0.130. The molecule has 1 aromatic carbocycles. The van der Waals surface area contributed by atoms with Crippen molar-refractivity contribution < 1.29 is 19.4 Å². The van der Waals surface area contributed by atoms with Gasteiger partial charge < -0.3 is 25.0 Å². The number of hydrogen-bond acceptors (Lipinski definition) is 4. The number of benzene rings is 1. The topological polar surface area (TPSA) is 94.5 Å². The molecule has 0 bridgehead atoms.